The molecule has 0 aliphatic heterocycles. The predicted molar refractivity (Wildman–Crippen MR) is 69.7 cm³/mol. The number of phenolic OH excluding ortho intramolecular Hbond substituents is 1. The molecule has 5 heteroatoms. The number of rotatable bonds is 3. The van der Waals surface area contributed by atoms with Crippen LogP contribution in [0.3, 0.4) is 0 Å². The number of fused-ring (bicyclic) bond motifs is 1. The fourth-order valence-electron chi connectivity index (χ4n) is 1.75. The maximum absolute atomic E-state index is 11.6. The lowest BCUT2D eigenvalue weighted by molar-refractivity contribution is -0.120. The van der Waals surface area contributed by atoms with Crippen molar-refractivity contribution in [3.05, 3.63) is 40.2 Å². The molecule has 2 aromatic rings. The van der Waals surface area contributed by atoms with Crippen LogP contribution in [0.1, 0.15) is 5.56 Å². The van der Waals surface area contributed by atoms with Crippen LogP contribution in [0.2, 0.25) is 0 Å². The van der Waals surface area contributed by atoms with Gasteiger partial charge in [-0.15, -0.1) is 6.42 Å². The van der Waals surface area contributed by atoms with Gasteiger partial charge in [0.15, 0.2) is 0 Å². The van der Waals surface area contributed by atoms with Gasteiger partial charge in [-0.1, -0.05) is 5.92 Å². The zero-order chi connectivity index (χ0) is 13.8. The number of carbonyl (C=O) groups excluding carboxylic acids is 1. The molecule has 0 bridgehead atoms. The van der Waals surface area contributed by atoms with E-state index in [9.17, 15) is 14.7 Å². The molecule has 1 amide bonds. The molecule has 2 N–H and O–H groups in total. The number of hydrogen-bond donors (Lipinski definition) is 2. The quantitative estimate of drug-likeness (QED) is 0.629. The van der Waals surface area contributed by atoms with Gasteiger partial charge in [0.25, 0.3) is 0 Å². The van der Waals surface area contributed by atoms with Gasteiger partial charge in [0, 0.05) is 17.5 Å². The average Bonchev–Trinajstić information content (AvgIpc) is 2.35. The standard InChI is InChI=1S/C14H11NO4/c1-2-5-15-13(17)6-9-7-14(18)19-12-8-10(16)3-4-11(9)12/h1,3-4,7-8,16H,5-6H2,(H,15,17). The van der Waals surface area contributed by atoms with Gasteiger partial charge >= 0.3 is 5.63 Å². The van der Waals surface area contributed by atoms with E-state index in [0.717, 1.165) is 0 Å². The van der Waals surface area contributed by atoms with Crippen molar-refractivity contribution in [2.75, 3.05) is 6.54 Å². The van der Waals surface area contributed by atoms with Gasteiger partial charge in [-0.25, -0.2) is 4.79 Å². The number of nitrogens with one attached hydrogen (secondary N) is 1. The number of terminal acetylenes is 1. The van der Waals surface area contributed by atoms with E-state index in [0.29, 0.717) is 10.9 Å². The molecule has 5 nitrogen and oxygen atoms in total. The van der Waals surface area contributed by atoms with Crippen LogP contribution < -0.4 is 10.9 Å². The molecule has 1 heterocycles. The molecule has 1 aromatic heterocycles. The van der Waals surface area contributed by atoms with Crippen molar-refractivity contribution >= 4 is 16.9 Å². The number of benzene rings is 1. The van der Waals surface area contributed by atoms with Crippen molar-refractivity contribution in [2.24, 2.45) is 0 Å². The summed E-state index contributed by atoms with van der Waals surface area (Å²) < 4.78 is 4.97. The molecule has 0 saturated heterocycles. The van der Waals surface area contributed by atoms with E-state index in [1.165, 1.54) is 18.2 Å². The van der Waals surface area contributed by atoms with Crippen LogP contribution in [-0.4, -0.2) is 17.6 Å². The van der Waals surface area contributed by atoms with Gasteiger partial charge in [-0.05, 0) is 17.7 Å². The molecular formula is C14H11NO4. The summed E-state index contributed by atoms with van der Waals surface area (Å²) in [7, 11) is 0. The zero-order valence-electron chi connectivity index (χ0n) is 9.97. The van der Waals surface area contributed by atoms with Crippen LogP contribution in [0.5, 0.6) is 5.75 Å². The Kier molecular flexibility index (Phi) is 3.53. The molecule has 96 valence electrons. The lowest BCUT2D eigenvalue weighted by atomic mass is 10.1. The topological polar surface area (TPSA) is 79.5 Å². The second-order valence-corrected chi connectivity index (χ2v) is 3.93. The van der Waals surface area contributed by atoms with Crippen LogP contribution in [0.25, 0.3) is 11.0 Å². The van der Waals surface area contributed by atoms with Crippen LogP contribution in [0, 0.1) is 12.3 Å². The zero-order valence-corrected chi connectivity index (χ0v) is 9.97. The Morgan fingerprint density at radius 1 is 1.42 bits per heavy atom. The van der Waals surface area contributed by atoms with Gasteiger partial charge in [-0.3, -0.25) is 4.79 Å². The molecule has 0 spiro atoms. The van der Waals surface area contributed by atoms with Gasteiger partial charge < -0.3 is 14.8 Å². The Labute approximate surface area is 108 Å². The second-order valence-electron chi connectivity index (χ2n) is 3.93. The van der Waals surface area contributed by atoms with Crippen molar-refractivity contribution in [1.82, 2.24) is 5.32 Å². The Morgan fingerprint density at radius 2 is 2.21 bits per heavy atom. The SMILES string of the molecule is C#CCNC(=O)Cc1cc(=O)oc2cc(O)ccc12. The van der Waals surface area contributed by atoms with Gasteiger partial charge in [0.1, 0.15) is 11.3 Å². The number of amides is 1. The normalized spacial score (nSPS) is 10.1. The summed E-state index contributed by atoms with van der Waals surface area (Å²) in [6.45, 7) is 0.138. The van der Waals surface area contributed by atoms with Crippen LogP contribution in [-0.2, 0) is 11.2 Å². The number of carbonyl (C=O) groups is 1. The predicted octanol–water partition coefficient (Wildman–Crippen LogP) is 0.790. The van der Waals surface area contributed by atoms with E-state index in [4.69, 9.17) is 10.8 Å². The third-order valence-corrected chi connectivity index (χ3v) is 2.55. The van der Waals surface area contributed by atoms with E-state index in [2.05, 4.69) is 11.2 Å². The summed E-state index contributed by atoms with van der Waals surface area (Å²) in [5.74, 6) is 2.01. The summed E-state index contributed by atoms with van der Waals surface area (Å²) in [5.41, 5.74) is 0.200. The largest absolute Gasteiger partial charge is 0.508 e. The van der Waals surface area contributed by atoms with Gasteiger partial charge in [-0.2, -0.15) is 0 Å². The molecule has 0 aliphatic carbocycles. The highest BCUT2D eigenvalue weighted by molar-refractivity contribution is 5.87. The van der Waals surface area contributed by atoms with Crippen molar-refractivity contribution in [2.45, 2.75) is 6.42 Å². The minimum Gasteiger partial charge on any atom is -0.508 e. The maximum Gasteiger partial charge on any atom is 0.336 e. The van der Waals surface area contributed by atoms with E-state index in [1.807, 2.05) is 0 Å². The molecule has 0 unspecified atom stereocenters. The smallest absolute Gasteiger partial charge is 0.336 e. The van der Waals surface area contributed by atoms with Gasteiger partial charge in [0.05, 0.1) is 13.0 Å². The highest BCUT2D eigenvalue weighted by Gasteiger charge is 2.10. The van der Waals surface area contributed by atoms with Crippen molar-refractivity contribution < 1.29 is 14.3 Å². The number of aromatic hydroxyl groups is 1. The summed E-state index contributed by atoms with van der Waals surface area (Å²) in [6.07, 6.45) is 5.07. The van der Waals surface area contributed by atoms with E-state index in [-0.39, 0.29) is 30.2 Å². The first-order chi connectivity index (χ1) is 9.10. The molecule has 0 atom stereocenters. The van der Waals surface area contributed by atoms with E-state index < -0.39 is 5.63 Å². The van der Waals surface area contributed by atoms with E-state index in [1.54, 1.807) is 6.07 Å². The Hall–Kier alpha value is -2.74. The lowest BCUT2D eigenvalue weighted by Gasteiger charge is -2.05. The molecule has 0 saturated carbocycles. The summed E-state index contributed by atoms with van der Waals surface area (Å²) >= 11 is 0. The average molecular weight is 257 g/mol. The summed E-state index contributed by atoms with van der Waals surface area (Å²) in [6, 6.07) is 5.65. The molecule has 0 radical (unpaired) electrons. The minimum atomic E-state index is -0.571. The molecule has 0 aliphatic rings. The molecular weight excluding hydrogens is 246 g/mol. The third kappa shape index (κ3) is 2.93. The maximum atomic E-state index is 11.6. The molecule has 2 rings (SSSR count). The van der Waals surface area contributed by atoms with E-state index >= 15 is 0 Å². The number of hydrogen-bond acceptors (Lipinski definition) is 4. The fourth-order valence-corrected chi connectivity index (χ4v) is 1.75. The fraction of sp³-hybridized carbons (Fsp3) is 0.143. The molecule has 19 heavy (non-hydrogen) atoms. The summed E-state index contributed by atoms with van der Waals surface area (Å²) in [5, 5.41) is 12.5. The van der Waals surface area contributed by atoms with Crippen molar-refractivity contribution in [1.29, 1.82) is 0 Å². The first kappa shape index (κ1) is 12.7. The van der Waals surface area contributed by atoms with Crippen LogP contribution in [0.15, 0.2) is 33.5 Å². The summed E-state index contributed by atoms with van der Waals surface area (Å²) in [4.78, 5) is 23.0. The Morgan fingerprint density at radius 3 is 2.95 bits per heavy atom. The first-order valence-corrected chi connectivity index (χ1v) is 5.56. The highest BCUT2D eigenvalue weighted by atomic mass is 16.4. The van der Waals surface area contributed by atoms with Crippen LogP contribution >= 0.6 is 0 Å². The van der Waals surface area contributed by atoms with Gasteiger partial charge in [0.2, 0.25) is 5.91 Å². The number of phenols is 1. The van der Waals surface area contributed by atoms with Crippen LogP contribution in [0.4, 0.5) is 0 Å². The third-order valence-electron chi connectivity index (χ3n) is 2.55. The molecule has 1 aromatic carbocycles. The Balaban J connectivity index is 2.40. The monoisotopic (exact) mass is 257 g/mol. The Bertz CT molecular complexity index is 724. The first-order valence-electron chi connectivity index (χ1n) is 5.56. The van der Waals surface area contributed by atoms with Crippen molar-refractivity contribution in [3.63, 3.8) is 0 Å². The lowest BCUT2D eigenvalue weighted by Crippen LogP contribution is -2.25. The minimum absolute atomic E-state index is 0.00965. The highest BCUT2D eigenvalue weighted by Crippen LogP contribution is 2.21. The van der Waals surface area contributed by atoms with Crippen molar-refractivity contribution in [3.8, 4) is 18.1 Å². The molecule has 0 fully saturated rings. The second kappa shape index (κ2) is 5.27.